The standard InChI is InChI=1S/C22H21N3O4S2/c1-15-13-23-19(16(2)21(15)29-3)14-30(26)22-24-18-11-7-8-12-20(18)25(22)31(27,28)17-9-5-4-6-10-17/h4-13H,14H2,1-3H3. The number of para-hydroxylation sites is 2. The Morgan fingerprint density at radius 2 is 1.71 bits per heavy atom. The van der Waals surface area contributed by atoms with Gasteiger partial charge in [-0.15, -0.1) is 0 Å². The fourth-order valence-corrected chi connectivity index (χ4v) is 6.53. The van der Waals surface area contributed by atoms with Crippen molar-refractivity contribution in [3.05, 3.63) is 77.6 Å². The molecule has 0 aliphatic heterocycles. The lowest BCUT2D eigenvalue weighted by atomic mass is 10.1. The third-order valence-electron chi connectivity index (χ3n) is 4.99. The molecule has 0 saturated carbocycles. The maximum absolute atomic E-state index is 13.5. The van der Waals surface area contributed by atoms with Crippen LogP contribution in [0.5, 0.6) is 5.75 Å². The zero-order chi connectivity index (χ0) is 22.2. The molecule has 1 unspecified atom stereocenters. The minimum atomic E-state index is -4.00. The molecule has 0 aliphatic carbocycles. The fourth-order valence-electron chi connectivity index (χ4n) is 3.46. The first-order chi connectivity index (χ1) is 14.8. The number of benzene rings is 2. The number of rotatable bonds is 6. The summed E-state index contributed by atoms with van der Waals surface area (Å²) < 4.78 is 46.8. The van der Waals surface area contributed by atoms with Crippen molar-refractivity contribution in [3.63, 3.8) is 0 Å². The van der Waals surface area contributed by atoms with Gasteiger partial charge in [0.25, 0.3) is 10.0 Å². The van der Waals surface area contributed by atoms with E-state index in [-0.39, 0.29) is 15.8 Å². The van der Waals surface area contributed by atoms with Crippen molar-refractivity contribution in [1.82, 2.24) is 13.9 Å². The van der Waals surface area contributed by atoms with E-state index in [2.05, 4.69) is 9.97 Å². The Balaban J connectivity index is 1.86. The highest BCUT2D eigenvalue weighted by atomic mass is 32.2. The highest BCUT2D eigenvalue weighted by Crippen LogP contribution is 2.28. The third-order valence-corrected chi connectivity index (χ3v) is 8.04. The molecule has 7 nitrogen and oxygen atoms in total. The highest BCUT2D eigenvalue weighted by Gasteiger charge is 2.28. The summed E-state index contributed by atoms with van der Waals surface area (Å²) in [7, 11) is -4.20. The number of imidazole rings is 1. The van der Waals surface area contributed by atoms with Crippen LogP contribution in [0.3, 0.4) is 0 Å². The van der Waals surface area contributed by atoms with Crippen molar-refractivity contribution in [2.24, 2.45) is 0 Å². The molecule has 4 rings (SSSR count). The van der Waals surface area contributed by atoms with Gasteiger partial charge in [-0.25, -0.2) is 17.4 Å². The second-order valence-corrected chi connectivity index (χ2v) is 10.1. The van der Waals surface area contributed by atoms with Crippen molar-refractivity contribution < 1.29 is 17.4 Å². The van der Waals surface area contributed by atoms with E-state index in [1.54, 1.807) is 55.8 Å². The number of pyridine rings is 1. The molecule has 4 aromatic rings. The quantitative estimate of drug-likeness (QED) is 0.441. The van der Waals surface area contributed by atoms with Crippen molar-refractivity contribution in [3.8, 4) is 5.75 Å². The van der Waals surface area contributed by atoms with Crippen LogP contribution in [-0.4, -0.2) is 33.7 Å². The van der Waals surface area contributed by atoms with Crippen LogP contribution in [0.1, 0.15) is 16.8 Å². The zero-order valence-corrected chi connectivity index (χ0v) is 18.9. The van der Waals surface area contributed by atoms with E-state index in [4.69, 9.17) is 4.74 Å². The molecule has 0 fully saturated rings. The van der Waals surface area contributed by atoms with E-state index in [0.717, 1.165) is 15.1 Å². The number of hydrogen-bond donors (Lipinski definition) is 0. The summed E-state index contributed by atoms with van der Waals surface area (Å²) in [6, 6.07) is 14.9. The molecule has 0 aliphatic rings. The monoisotopic (exact) mass is 455 g/mol. The Labute approximate surface area is 183 Å². The van der Waals surface area contributed by atoms with Crippen molar-refractivity contribution in [2.75, 3.05) is 7.11 Å². The number of nitrogens with zero attached hydrogens (tertiary/aromatic N) is 3. The zero-order valence-electron chi connectivity index (χ0n) is 17.3. The van der Waals surface area contributed by atoms with E-state index >= 15 is 0 Å². The number of hydrogen-bond acceptors (Lipinski definition) is 6. The number of aryl methyl sites for hydroxylation is 1. The van der Waals surface area contributed by atoms with Crippen molar-refractivity contribution in [2.45, 2.75) is 29.7 Å². The molecule has 0 N–H and O–H groups in total. The van der Waals surface area contributed by atoms with E-state index in [9.17, 15) is 12.6 Å². The van der Waals surface area contributed by atoms with Crippen molar-refractivity contribution >= 4 is 31.9 Å². The molecule has 9 heteroatoms. The Kier molecular flexibility index (Phi) is 5.63. The van der Waals surface area contributed by atoms with Crippen LogP contribution in [0.15, 0.2) is 70.8 Å². The van der Waals surface area contributed by atoms with E-state index in [1.807, 2.05) is 13.8 Å². The topological polar surface area (TPSA) is 91.2 Å². The second kappa shape index (κ2) is 8.24. The van der Waals surface area contributed by atoms with Gasteiger partial charge in [0.15, 0.2) is 0 Å². The minimum Gasteiger partial charge on any atom is -0.496 e. The first-order valence-corrected chi connectivity index (χ1v) is 12.3. The molecular weight excluding hydrogens is 434 g/mol. The molecule has 0 amide bonds. The van der Waals surface area contributed by atoms with Crippen LogP contribution in [0.4, 0.5) is 0 Å². The molecule has 0 saturated heterocycles. The summed E-state index contributed by atoms with van der Waals surface area (Å²) >= 11 is 0. The lowest BCUT2D eigenvalue weighted by molar-refractivity contribution is 0.407. The van der Waals surface area contributed by atoms with Gasteiger partial charge in [0.1, 0.15) is 5.75 Å². The van der Waals surface area contributed by atoms with Crippen LogP contribution < -0.4 is 4.74 Å². The van der Waals surface area contributed by atoms with Gasteiger partial charge in [0.05, 0.1) is 45.3 Å². The average Bonchev–Trinajstić information content (AvgIpc) is 3.17. The fraction of sp³-hybridized carbons (Fsp3) is 0.182. The summed E-state index contributed by atoms with van der Waals surface area (Å²) in [5, 5.41) is -0.0363. The molecule has 0 radical (unpaired) electrons. The lowest BCUT2D eigenvalue weighted by Gasteiger charge is -2.13. The average molecular weight is 456 g/mol. The molecule has 2 heterocycles. The van der Waals surface area contributed by atoms with Gasteiger partial charge in [-0.1, -0.05) is 30.3 Å². The molecule has 0 bridgehead atoms. The molecule has 0 spiro atoms. The third kappa shape index (κ3) is 3.75. The predicted molar refractivity (Wildman–Crippen MR) is 119 cm³/mol. The normalized spacial score (nSPS) is 12.7. The van der Waals surface area contributed by atoms with Gasteiger partial charge in [-0.05, 0) is 38.1 Å². The van der Waals surface area contributed by atoms with E-state index < -0.39 is 20.8 Å². The maximum atomic E-state index is 13.5. The van der Waals surface area contributed by atoms with Crippen LogP contribution in [-0.2, 0) is 26.6 Å². The SMILES string of the molecule is COc1c(C)cnc(CS(=O)c2nc3ccccc3n2S(=O)(=O)c2ccccc2)c1C. The summed E-state index contributed by atoms with van der Waals surface area (Å²) in [6.07, 6.45) is 1.65. The van der Waals surface area contributed by atoms with Crippen molar-refractivity contribution in [1.29, 1.82) is 0 Å². The Morgan fingerprint density at radius 1 is 1.03 bits per heavy atom. The maximum Gasteiger partial charge on any atom is 0.270 e. The lowest BCUT2D eigenvalue weighted by Crippen LogP contribution is -2.18. The van der Waals surface area contributed by atoms with Gasteiger partial charge in [0, 0.05) is 17.3 Å². The number of ether oxygens (including phenoxy) is 1. The highest BCUT2D eigenvalue weighted by molar-refractivity contribution is 7.91. The van der Waals surface area contributed by atoms with Gasteiger partial charge < -0.3 is 4.74 Å². The molecule has 2 aromatic carbocycles. The molecule has 2 aromatic heterocycles. The van der Waals surface area contributed by atoms with Gasteiger partial charge in [0.2, 0.25) is 5.16 Å². The molecule has 1 atom stereocenters. The van der Waals surface area contributed by atoms with Crippen LogP contribution >= 0.6 is 0 Å². The van der Waals surface area contributed by atoms with Gasteiger partial charge in [-0.3, -0.25) is 9.19 Å². The summed E-state index contributed by atoms with van der Waals surface area (Å²) in [5.74, 6) is 0.684. The molecule has 31 heavy (non-hydrogen) atoms. The Hall–Kier alpha value is -3.04. The smallest absolute Gasteiger partial charge is 0.270 e. The second-order valence-electron chi connectivity index (χ2n) is 7.00. The Morgan fingerprint density at radius 3 is 2.42 bits per heavy atom. The van der Waals surface area contributed by atoms with Crippen LogP contribution in [0.25, 0.3) is 11.0 Å². The van der Waals surface area contributed by atoms with E-state index in [1.165, 1.54) is 12.1 Å². The number of fused-ring (bicyclic) bond motifs is 1. The van der Waals surface area contributed by atoms with Crippen LogP contribution in [0.2, 0.25) is 0 Å². The minimum absolute atomic E-state index is 0.0100. The first kappa shape index (κ1) is 21.2. The molecular formula is C22H21N3O4S2. The molecule has 160 valence electrons. The van der Waals surface area contributed by atoms with Crippen LogP contribution in [0, 0.1) is 13.8 Å². The number of aromatic nitrogens is 3. The summed E-state index contributed by atoms with van der Waals surface area (Å²) in [4.78, 5) is 8.91. The summed E-state index contributed by atoms with van der Waals surface area (Å²) in [6.45, 7) is 3.72. The first-order valence-electron chi connectivity index (χ1n) is 9.50. The Bertz CT molecular complexity index is 1400. The number of methoxy groups -OCH3 is 1. The van der Waals surface area contributed by atoms with Gasteiger partial charge in [-0.2, -0.15) is 0 Å². The van der Waals surface area contributed by atoms with E-state index in [0.29, 0.717) is 22.5 Å². The van der Waals surface area contributed by atoms with Gasteiger partial charge >= 0.3 is 0 Å². The largest absolute Gasteiger partial charge is 0.496 e. The summed E-state index contributed by atoms with van der Waals surface area (Å²) in [5.41, 5.74) is 3.03. The predicted octanol–water partition coefficient (Wildman–Crippen LogP) is 3.60.